The van der Waals surface area contributed by atoms with Crippen LogP contribution >= 0.6 is 11.3 Å². The van der Waals surface area contributed by atoms with Gasteiger partial charge >= 0.3 is 0 Å². The molecule has 0 radical (unpaired) electrons. The number of carbonyl (C=O) groups excluding carboxylic acids is 1. The highest BCUT2D eigenvalue weighted by molar-refractivity contribution is 7.07. The van der Waals surface area contributed by atoms with E-state index in [2.05, 4.69) is 10.3 Å². The first-order valence-corrected chi connectivity index (χ1v) is 12.6. The molecule has 0 saturated carbocycles. The van der Waals surface area contributed by atoms with Gasteiger partial charge in [-0.2, -0.15) is 0 Å². The van der Waals surface area contributed by atoms with Gasteiger partial charge in [0, 0.05) is 11.3 Å². The fraction of sp³-hybridized carbons (Fsp3) is 0.138. The highest BCUT2D eigenvalue weighted by Crippen LogP contribution is 2.33. The van der Waals surface area contributed by atoms with Crippen molar-refractivity contribution in [1.29, 1.82) is 0 Å². The lowest BCUT2D eigenvalue weighted by atomic mass is 9.95. The largest absolute Gasteiger partial charge is 0.504 e. The summed E-state index contributed by atoms with van der Waals surface area (Å²) in [4.78, 5) is 32.6. The molecular weight excluding hydrogens is 502 g/mol. The molecule has 192 valence electrons. The number of phenolic OH excluding ortho intramolecular Hbond substituents is 1. The van der Waals surface area contributed by atoms with Gasteiger partial charge < -0.3 is 19.9 Å². The van der Waals surface area contributed by atoms with E-state index in [1.54, 1.807) is 56.5 Å². The van der Waals surface area contributed by atoms with Crippen molar-refractivity contribution < 1.29 is 19.4 Å². The number of nitrogens with zero attached hydrogens (tertiary/aromatic N) is 2. The number of allylic oxidation sites excluding steroid dienone is 1. The Kier molecular flexibility index (Phi) is 6.85. The number of hydrogen-bond acceptors (Lipinski definition) is 7. The number of rotatable bonds is 6. The van der Waals surface area contributed by atoms with E-state index in [0.29, 0.717) is 48.9 Å². The van der Waals surface area contributed by atoms with Crippen LogP contribution in [-0.2, 0) is 4.79 Å². The highest BCUT2D eigenvalue weighted by atomic mass is 32.1. The minimum absolute atomic E-state index is 0.0655. The summed E-state index contributed by atoms with van der Waals surface area (Å²) in [6, 6.07) is 20.7. The average molecular weight is 528 g/mol. The first-order chi connectivity index (χ1) is 18.4. The van der Waals surface area contributed by atoms with Crippen LogP contribution in [0.4, 0.5) is 5.69 Å². The summed E-state index contributed by atoms with van der Waals surface area (Å²) in [5, 5.41) is 13.5. The minimum atomic E-state index is -0.744. The second-order valence-corrected chi connectivity index (χ2v) is 9.59. The molecule has 3 aromatic carbocycles. The summed E-state index contributed by atoms with van der Waals surface area (Å²) in [6.45, 7) is 1.76. The van der Waals surface area contributed by atoms with Gasteiger partial charge in [-0.1, -0.05) is 53.8 Å². The fourth-order valence-electron chi connectivity index (χ4n) is 4.42. The molecule has 1 aromatic heterocycles. The number of anilines is 1. The quantitative estimate of drug-likeness (QED) is 0.399. The van der Waals surface area contributed by atoms with E-state index < -0.39 is 6.04 Å². The molecule has 8 nitrogen and oxygen atoms in total. The molecule has 4 aromatic rings. The zero-order chi connectivity index (χ0) is 26.8. The summed E-state index contributed by atoms with van der Waals surface area (Å²) >= 11 is 1.19. The maximum absolute atomic E-state index is 13.8. The van der Waals surface area contributed by atoms with E-state index >= 15 is 0 Å². The van der Waals surface area contributed by atoms with Crippen molar-refractivity contribution in [1.82, 2.24) is 4.57 Å². The van der Waals surface area contributed by atoms with Crippen molar-refractivity contribution in [2.75, 3.05) is 19.5 Å². The smallest absolute Gasteiger partial charge is 0.271 e. The van der Waals surface area contributed by atoms with E-state index in [1.807, 2.05) is 36.4 Å². The molecule has 1 aliphatic rings. The van der Waals surface area contributed by atoms with Gasteiger partial charge in [-0.05, 0) is 48.9 Å². The lowest BCUT2D eigenvalue weighted by Gasteiger charge is -2.25. The van der Waals surface area contributed by atoms with E-state index in [4.69, 9.17) is 9.47 Å². The van der Waals surface area contributed by atoms with Crippen molar-refractivity contribution in [3.63, 3.8) is 0 Å². The lowest BCUT2D eigenvalue weighted by molar-refractivity contribution is -0.113. The van der Waals surface area contributed by atoms with Crippen LogP contribution in [0.15, 0.2) is 93.9 Å². The molecule has 0 unspecified atom stereocenters. The number of thiazole rings is 1. The van der Waals surface area contributed by atoms with Gasteiger partial charge in [0.1, 0.15) is 5.75 Å². The van der Waals surface area contributed by atoms with Crippen LogP contribution in [0.25, 0.3) is 6.08 Å². The number of aromatic hydroxyl groups is 1. The lowest BCUT2D eigenvalue weighted by Crippen LogP contribution is -2.40. The van der Waals surface area contributed by atoms with Crippen LogP contribution < -0.4 is 29.7 Å². The number of ether oxygens (including phenoxy) is 2. The van der Waals surface area contributed by atoms with Gasteiger partial charge in [-0.25, -0.2) is 4.99 Å². The second kappa shape index (κ2) is 10.4. The number of nitrogens with one attached hydrogen (secondary N) is 1. The Morgan fingerprint density at radius 1 is 1.05 bits per heavy atom. The van der Waals surface area contributed by atoms with E-state index in [1.165, 1.54) is 23.0 Å². The van der Waals surface area contributed by atoms with Crippen molar-refractivity contribution in [3.8, 4) is 17.2 Å². The van der Waals surface area contributed by atoms with Crippen molar-refractivity contribution in [2.45, 2.75) is 13.0 Å². The van der Waals surface area contributed by atoms with Gasteiger partial charge in [-0.15, -0.1) is 0 Å². The van der Waals surface area contributed by atoms with E-state index in [9.17, 15) is 14.7 Å². The van der Waals surface area contributed by atoms with Gasteiger partial charge in [-0.3, -0.25) is 14.2 Å². The Bertz CT molecular complexity index is 1740. The Balaban J connectivity index is 1.70. The third kappa shape index (κ3) is 4.59. The molecule has 2 N–H and O–H groups in total. The molecule has 1 aliphatic heterocycles. The molecule has 0 spiro atoms. The number of methoxy groups -OCH3 is 2. The molecule has 0 bridgehead atoms. The monoisotopic (exact) mass is 527 g/mol. The number of aromatic nitrogens is 1. The SMILES string of the molecule is COc1cccc([C@H]2C(C(=O)Nc3ccccc3)=C(C)N=c3s/c(=C\c4cccc(OC)c4O)c(=O)n32)c1. The third-order valence-electron chi connectivity index (χ3n) is 6.24. The summed E-state index contributed by atoms with van der Waals surface area (Å²) in [5.74, 6) is 0.481. The van der Waals surface area contributed by atoms with Crippen LogP contribution in [-0.4, -0.2) is 29.8 Å². The van der Waals surface area contributed by atoms with Crippen LogP contribution in [0, 0.1) is 0 Å². The zero-order valence-corrected chi connectivity index (χ0v) is 21.8. The van der Waals surface area contributed by atoms with Crippen LogP contribution in [0.5, 0.6) is 17.2 Å². The first-order valence-electron chi connectivity index (χ1n) is 11.8. The maximum atomic E-state index is 13.8. The average Bonchev–Trinajstić information content (AvgIpc) is 3.23. The number of phenols is 1. The molecule has 5 rings (SSSR count). The van der Waals surface area contributed by atoms with E-state index in [-0.39, 0.29) is 17.2 Å². The molecule has 0 fully saturated rings. The Morgan fingerprint density at radius 3 is 2.55 bits per heavy atom. The predicted octanol–water partition coefficient (Wildman–Crippen LogP) is 3.60. The maximum Gasteiger partial charge on any atom is 0.271 e. The number of hydrogen-bond donors (Lipinski definition) is 2. The third-order valence-corrected chi connectivity index (χ3v) is 7.23. The van der Waals surface area contributed by atoms with Crippen LogP contribution in [0.2, 0.25) is 0 Å². The van der Waals surface area contributed by atoms with Crippen LogP contribution in [0.3, 0.4) is 0 Å². The highest BCUT2D eigenvalue weighted by Gasteiger charge is 2.32. The second-order valence-electron chi connectivity index (χ2n) is 8.58. The zero-order valence-electron chi connectivity index (χ0n) is 21.0. The molecule has 1 amide bonds. The number of carbonyl (C=O) groups is 1. The fourth-order valence-corrected chi connectivity index (χ4v) is 5.46. The molecule has 0 saturated heterocycles. The number of fused-ring (bicyclic) bond motifs is 1. The van der Waals surface area contributed by atoms with Crippen LogP contribution in [0.1, 0.15) is 24.1 Å². The van der Waals surface area contributed by atoms with E-state index in [0.717, 1.165) is 0 Å². The van der Waals surface area contributed by atoms with Crippen molar-refractivity contribution in [3.05, 3.63) is 115 Å². The molecule has 0 aliphatic carbocycles. The minimum Gasteiger partial charge on any atom is -0.504 e. The number of amides is 1. The standard InChI is InChI=1S/C29H25N3O5S/c1-17-24(27(34)31-20-11-5-4-6-12-20)25(18-9-7-13-21(15-18)36-2)32-28(35)23(38-29(32)30-17)16-19-10-8-14-22(37-3)26(19)33/h4-16,25,33H,1-3H3,(H,31,34)/b23-16-/t25-/m0/s1. The van der Waals surface area contributed by atoms with Gasteiger partial charge in [0.15, 0.2) is 16.3 Å². The number of benzene rings is 3. The summed E-state index contributed by atoms with van der Waals surface area (Å²) < 4.78 is 12.5. The first kappa shape index (κ1) is 25.0. The molecular formula is C29H25N3O5S. The molecule has 9 heteroatoms. The summed E-state index contributed by atoms with van der Waals surface area (Å²) in [7, 11) is 3.03. The normalized spacial score (nSPS) is 15.0. The van der Waals surface area contributed by atoms with Crippen molar-refractivity contribution >= 4 is 29.0 Å². The summed E-state index contributed by atoms with van der Waals surface area (Å²) in [6.07, 6.45) is 1.60. The van der Waals surface area contributed by atoms with Gasteiger partial charge in [0.2, 0.25) is 0 Å². The van der Waals surface area contributed by atoms with Gasteiger partial charge in [0.25, 0.3) is 11.5 Å². The van der Waals surface area contributed by atoms with Crippen molar-refractivity contribution in [2.24, 2.45) is 4.99 Å². The molecule has 1 atom stereocenters. The molecule has 2 heterocycles. The van der Waals surface area contributed by atoms with Gasteiger partial charge in [0.05, 0.1) is 36.1 Å². The molecule has 38 heavy (non-hydrogen) atoms. The number of para-hydroxylation sites is 2. The Hall–Kier alpha value is -4.63. The Labute approximate surface area is 222 Å². The Morgan fingerprint density at radius 2 is 1.82 bits per heavy atom. The summed E-state index contributed by atoms with van der Waals surface area (Å²) in [5.41, 5.74) is 2.29. The topological polar surface area (TPSA) is 102 Å². The predicted molar refractivity (Wildman–Crippen MR) is 146 cm³/mol.